The molecule has 1 atom stereocenters. The standard InChI is InChI=1S/C22H23BrN4O3S/c1-4-30-20(28)18-13(2)27(3)22(31)26-19(18)14-7-5-9-16(11-14)24-21(29)25-17-10-6-8-15(23)12-17/h5-12,19H,4H2,1-3H3,(H,26,31)(H2,24,25,29). The Kier molecular flexibility index (Phi) is 7.29. The minimum atomic E-state index is -0.488. The number of nitrogens with zero attached hydrogens (tertiary/aromatic N) is 1. The van der Waals surface area contributed by atoms with E-state index in [1.165, 1.54) is 0 Å². The molecule has 0 bridgehead atoms. The number of anilines is 2. The molecule has 1 unspecified atom stereocenters. The summed E-state index contributed by atoms with van der Waals surface area (Å²) in [6, 6.07) is 13.7. The van der Waals surface area contributed by atoms with Gasteiger partial charge in [0.25, 0.3) is 0 Å². The fourth-order valence-electron chi connectivity index (χ4n) is 3.21. The van der Waals surface area contributed by atoms with Crippen molar-refractivity contribution in [2.75, 3.05) is 24.3 Å². The highest BCUT2D eigenvalue weighted by molar-refractivity contribution is 9.10. The molecule has 1 heterocycles. The van der Waals surface area contributed by atoms with Crippen LogP contribution in [-0.4, -0.2) is 35.7 Å². The van der Waals surface area contributed by atoms with E-state index in [0.717, 1.165) is 15.7 Å². The maximum atomic E-state index is 12.7. The van der Waals surface area contributed by atoms with E-state index in [9.17, 15) is 9.59 Å². The molecule has 1 aliphatic heterocycles. The van der Waals surface area contributed by atoms with E-state index in [1.54, 1.807) is 43.1 Å². The van der Waals surface area contributed by atoms with Gasteiger partial charge in [-0.05, 0) is 62.0 Å². The molecule has 2 aromatic rings. The number of amides is 2. The summed E-state index contributed by atoms with van der Waals surface area (Å²) in [6.07, 6.45) is 0. The Bertz CT molecular complexity index is 1060. The molecular weight excluding hydrogens is 480 g/mol. The second-order valence-corrected chi connectivity index (χ2v) is 8.18. The minimum absolute atomic E-state index is 0.272. The molecule has 0 aromatic heterocycles. The third kappa shape index (κ3) is 5.42. The summed E-state index contributed by atoms with van der Waals surface area (Å²) in [5.74, 6) is -0.405. The lowest BCUT2D eigenvalue weighted by Gasteiger charge is -2.35. The predicted octanol–water partition coefficient (Wildman–Crippen LogP) is 4.79. The average molecular weight is 503 g/mol. The number of allylic oxidation sites excluding steroid dienone is 1. The Labute approximate surface area is 195 Å². The zero-order chi connectivity index (χ0) is 22.5. The molecule has 0 aliphatic carbocycles. The molecule has 162 valence electrons. The van der Waals surface area contributed by atoms with E-state index in [2.05, 4.69) is 31.9 Å². The van der Waals surface area contributed by atoms with Crippen molar-refractivity contribution in [3.63, 3.8) is 0 Å². The Morgan fingerprint density at radius 3 is 2.45 bits per heavy atom. The molecule has 0 saturated carbocycles. The Balaban J connectivity index is 1.84. The number of carbonyl (C=O) groups excluding carboxylic acids is 2. The van der Waals surface area contributed by atoms with Crippen molar-refractivity contribution in [3.05, 3.63) is 69.8 Å². The quantitative estimate of drug-likeness (QED) is 0.402. The number of urea groups is 1. The van der Waals surface area contributed by atoms with Gasteiger partial charge >= 0.3 is 12.0 Å². The summed E-state index contributed by atoms with van der Waals surface area (Å²) in [5, 5.41) is 9.30. The highest BCUT2D eigenvalue weighted by Gasteiger charge is 2.33. The molecule has 1 aliphatic rings. The maximum absolute atomic E-state index is 12.7. The number of halogens is 1. The Morgan fingerprint density at radius 1 is 1.16 bits per heavy atom. The van der Waals surface area contributed by atoms with Crippen LogP contribution in [-0.2, 0) is 9.53 Å². The van der Waals surface area contributed by atoms with Crippen LogP contribution in [0.1, 0.15) is 25.5 Å². The normalized spacial score (nSPS) is 15.9. The third-order valence-electron chi connectivity index (χ3n) is 4.81. The SMILES string of the molecule is CCOC(=O)C1=C(C)N(C)C(=S)NC1c1cccc(NC(=O)Nc2cccc(Br)c2)c1. The van der Waals surface area contributed by atoms with Gasteiger partial charge in [-0.1, -0.05) is 34.1 Å². The first-order valence-electron chi connectivity index (χ1n) is 9.65. The minimum Gasteiger partial charge on any atom is -0.463 e. The van der Waals surface area contributed by atoms with E-state index < -0.39 is 12.0 Å². The summed E-state index contributed by atoms with van der Waals surface area (Å²) in [5.41, 5.74) is 3.22. The lowest BCUT2D eigenvalue weighted by atomic mass is 9.95. The predicted molar refractivity (Wildman–Crippen MR) is 129 cm³/mol. The van der Waals surface area contributed by atoms with Crippen molar-refractivity contribution in [2.24, 2.45) is 0 Å². The first kappa shape index (κ1) is 22.8. The van der Waals surface area contributed by atoms with Crippen LogP contribution >= 0.6 is 28.1 Å². The van der Waals surface area contributed by atoms with Gasteiger partial charge < -0.3 is 25.6 Å². The summed E-state index contributed by atoms with van der Waals surface area (Å²) in [7, 11) is 1.80. The second-order valence-electron chi connectivity index (χ2n) is 6.88. The maximum Gasteiger partial charge on any atom is 0.338 e. The van der Waals surface area contributed by atoms with E-state index in [1.807, 2.05) is 31.2 Å². The molecule has 2 aromatic carbocycles. The van der Waals surface area contributed by atoms with Crippen molar-refractivity contribution < 1.29 is 14.3 Å². The van der Waals surface area contributed by atoms with Crippen molar-refractivity contribution in [2.45, 2.75) is 19.9 Å². The van der Waals surface area contributed by atoms with Crippen LogP contribution in [0.15, 0.2) is 64.3 Å². The molecule has 0 fully saturated rings. The fraction of sp³-hybridized carbons (Fsp3) is 0.227. The summed E-state index contributed by atoms with van der Waals surface area (Å²) in [6.45, 7) is 3.87. The lowest BCUT2D eigenvalue weighted by Crippen LogP contribution is -2.46. The second kappa shape index (κ2) is 9.93. The fourth-order valence-corrected chi connectivity index (χ4v) is 3.87. The number of thiocarbonyl (C=S) groups is 1. The number of benzene rings is 2. The summed E-state index contributed by atoms with van der Waals surface area (Å²) < 4.78 is 6.13. The van der Waals surface area contributed by atoms with Crippen molar-refractivity contribution >= 4 is 56.6 Å². The molecule has 0 radical (unpaired) electrons. The van der Waals surface area contributed by atoms with Gasteiger partial charge in [0.05, 0.1) is 18.2 Å². The van der Waals surface area contributed by atoms with Crippen molar-refractivity contribution in [1.29, 1.82) is 0 Å². The van der Waals surface area contributed by atoms with Gasteiger partial charge in [-0.25, -0.2) is 9.59 Å². The monoisotopic (exact) mass is 502 g/mol. The highest BCUT2D eigenvalue weighted by atomic mass is 79.9. The van der Waals surface area contributed by atoms with E-state index in [4.69, 9.17) is 17.0 Å². The summed E-state index contributed by atoms with van der Waals surface area (Å²) in [4.78, 5) is 26.8. The van der Waals surface area contributed by atoms with Crippen LogP contribution in [0.3, 0.4) is 0 Å². The van der Waals surface area contributed by atoms with Crippen molar-refractivity contribution in [1.82, 2.24) is 10.2 Å². The average Bonchev–Trinajstić information content (AvgIpc) is 2.72. The van der Waals surface area contributed by atoms with Gasteiger partial charge in [0.1, 0.15) is 0 Å². The molecule has 3 rings (SSSR count). The van der Waals surface area contributed by atoms with Gasteiger partial charge in [0.2, 0.25) is 0 Å². The van der Waals surface area contributed by atoms with Gasteiger partial charge in [0, 0.05) is 28.6 Å². The van der Waals surface area contributed by atoms with Crippen LogP contribution in [0.5, 0.6) is 0 Å². The van der Waals surface area contributed by atoms with Gasteiger partial charge in [0.15, 0.2) is 5.11 Å². The first-order valence-corrected chi connectivity index (χ1v) is 10.9. The smallest absolute Gasteiger partial charge is 0.338 e. The zero-order valence-electron chi connectivity index (χ0n) is 17.4. The van der Waals surface area contributed by atoms with Crippen LogP contribution in [0.4, 0.5) is 16.2 Å². The van der Waals surface area contributed by atoms with E-state index >= 15 is 0 Å². The lowest BCUT2D eigenvalue weighted by molar-refractivity contribution is -0.139. The van der Waals surface area contributed by atoms with Crippen LogP contribution in [0.25, 0.3) is 0 Å². The Morgan fingerprint density at radius 2 is 1.81 bits per heavy atom. The molecule has 2 amide bonds. The van der Waals surface area contributed by atoms with E-state index in [0.29, 0.717) is 22.1 Å². The molecular formula is C22H23BrN4O3S. The third-order valence-corrected chi connectivity index (χ3v) is 5.69. The number of carbonyl (C=O) groups is 2. The number of esters is 1. The molecule has 31 heavy (non-hydrogen) atoms. The first-order chi connectivity index (χ1) is 14.8. The molecule has 0 spiro atoms. The highest BCUT2D eigenvalue weighted by Crippen LogP contribution is 2.32. The largest absolute Gasteiger partial charge is 0.463 e. The number of nitrogens with one attached hydrogen (secondary N) is 3. The zero-order valence-corrected chi connectivity index (χ0v) is 19.8. The van der Waals surface area contributed by atoms with Crippen LogP contribution in [0, 0.1) is 0 Å². The number of hydrogen-bond acceptors (Lipinski definition) is 4. The van der Waals surface area contributed by atoms with Gasteiger partial charge in [-0.2, -0.15) is 0 Å². The molecule has 9 heteroatoms. The number of ether oxygens (including phenoxy) is 1. The topological polar surface area (TPSA) is 82.7 Å². The summed E-state index contributed by atoms with van der Waals surface area (Å²) >= 11 is 8.80. The number of hydrogen-bond donors (Lipinski definition) is 3. The molecule has 3 N–H and O–H groups in total. The van der Waals surface area contributed by atoms with Crippen LogP contribution in [0.2, 0.25) is 0 Å². The number of rotatable bonds is 5. The Hall–Kier alpha value is -2.91. The van der Waals surface area contributed by atoms with E-state index in [-0.39, 0.29) is 12.6 Å². The molecule has 0 saturated heterocycles. The van der Waals surface area contributed by atoms with Crippen molar-refractivity contribution in [3.8, 4) is 0 Å². The van der Waals surface area contributed by atoms with Gasteiger partial charge in [-0.3, -0.25) is 0 Å². The van der Waals surface area contributed by atoms with Gasteiger partial charge in [-0.15, -0.1) is 0 Å². The molecule has 7 nitrogen and oxygen atoms in total. The van der Waals surface area contributed by atoms with Crippen LogP contribution < -0.4 is 16.0 Å².